The van der Waals surface area contributed by atoms with Gasteiger partial charge in [-0.1, -0.05) is 6.07 Å². The molecule has 5 heteroatoms. The first-order chi connectivity index (χ1) is 10.3. The summed E-state index contributed by atoms with van der Waals surface area (Å²) >= 11 is 0. The fraction of sp³-hybridized carbons (Fsp3) is 0.625. The molecule has 5 nitrogen and oxygen atoms in total. The number of hydrazine groups is 1. The van der Waals surface area contributed by atoms with Gasteiger partial charge in [0.05, 0.1) is 25.5 Å². The predicted molar refractivity (Wildman–Crippen MR) is 83.4 cm³/mol. The number of hydrogen-bond donors (Lipinski definition) is 1. The van der Waals surface area contributed by atoms with Crippen molar-refractivity contribution in [3.05, 3.63) is 29.3 Å². The zero-order valence-electron chi connectivity index (χ0n) is 13.0. The van der Waals surface area contributed by atoms with Crippen molar-refractivity contribution in [2.75, 3.05) is 51.0 Å². The van der Waals surface area contributed by atoms with Gasteiger partial charge in [-0.2, -0.15) is 0 Å². The standard InChI is InChI=1S/C16H25N3O2/c1-13-3-4-15(11-14(13)2)19(16-12-17-5-8-21-16)18-6-9-20-10-7-18/h3-4,11,16-17H,5-10,12H2,1-2H3. The predicted octanol–water partition coefficient (Wildman–Crippen LogP) is 1.30. The van der Waals surface area contributed by atoms with E-state index in [2.05, 4.69) is 47.4 Å². The van der Waals surface area contributed by atoms with Crippen molar-refractivity contribution in [3.8, 4) is 0 Å². The molecular formula is C16H25N3O2. The molecule has 0 saturated carbocycles. The number of nitrogens with one attached hydrogen (secondary N) is 1. The number of ether oxygens (including phenoxy) is 2. The van der Waals surface area contributed by atoms with E-state index in [4.69, 9.17) is 9.47 Å². The molecule has 2 saturated heterocycles. The number of morpholine rings is 2. The van der Waals surface area contributed by atoms with Gasteiger partial charge in [0.15, 0.2) is 6.23 Å². The van der Waals surface area contributed by atoms with E-state index < -0.39 is 0 Å². The van der Waals surface area contributed by atoms with E-state index in [0.717, 1.165) is 46.0 Å². The summed E-state index contributed by atoms with van der Waals surface area (Å²) in [5.74, 6) is 0. The minimum atomic E-state index is 0.0546. The molecular weight excluding hydrogens is 266 g/mol. The largest absolute Gasteiger partial charge is 0.379 e. The quantitative estimate of drug-likeness (QED) is 0.908. The number of aryl methyl sites for hydroxylation is 2. The van der Waals surface area contributed by atoms with Crippen LogP contribution in [0.3, 0.4) is 0 Å². The van der Waals surface area contributed by atoms with E-state index in [1.165, 1.54) is 16.8 Å². The molecule has 1 unspecified atom stereocenters. The maximum atomic E-state index is 6.00. The molecule has 1 aromatic rings. The average molecular weight is 291 g/mol. The zero-order valence-corrected chi connectivity index (χ0v) is 13.0. The topological polar surface area (TPSA) is 37.0 Å². The summed E-state index contributed by atoms with van der Waals surface area (Å²) in [6, 6.07) is 6.63. The van der Waals surface area contributed by atoms with E-state index in [-0.39, 0.29) is 6.23 Å². The van der Waals surface area contributed by atoms with Gasteiger partial charge in [0.2, 0.25) is 0 Å². The summed E-state index contributed by atoms with van der Waals surface area (Å²) in [5.41, 5.74) is 3.84. The van der Waals surface area contributed by atoms with Gasteiger partial charge in [-0.05, 0) is 37.1 Å². The minimum Gasteiger partial charge on any atom is -0.379 e. The van der Waals surface area contributed by atoms with Gasteiger partial charge in [-0.3, -0.25) is 5.01 Å². The second kappa shape index (κ2) is 6.75. The molecule has 1 aromatic carbocycles. The van der Waals surface area contributed by atoms with Crippen LogP contribution in [0.2, 0.25) is 0 Å². The molecule has 2 heterocycles. The monoisotopic (exact) mass is 291 g/mol. The van der Waals surface area contributed by atoms with Crippen LogP contribution in [-0.4, -0.2) is 57.2 Å². The minimum absolute atomic E-state index is 0.0546. The highest BCUT2D eigenvalue weighted by Crippen LogP contribution is 2.24. The first kappa shape index (κ1) is 14.8. The van der Waals surface area contributed by atoms with Crippen molar-refractivity contribution in [3.63, 3.8) is 0 Å². The summed E-state index contributed by atoms with van der Waals surface area (Å²) in [7, 11) is 0. The molecule has 0 bridgehead atoms. The third-order valence-corrected chi connectivity index (χ3v) is 4.23. The lowest BCUT2D eigenvalue weighted by molar-refractivity contribution is -0.0370. The molecule has 1 atom stereocenters. The van der Waals surface area contributed by atoms with Gasteiger partial charge in [-0.25, -0.2) is 5.01 Å². The molecule has 2 aliphatic heterocycles. The van der Waals surface area contributed by atoms with Gasteiger partial charge < -0.3 is 14.8 Å². The second-order valence-electron chi connectivity index (χ2n) is 5.71. The summed E-state index contributed by atoms with van der Waals surface area (Å²) < 4.78 is 11.5. The highest BCUT2D eigenvalue weighted by atomic mass is 16.5. The Bertz CT molecular complexity index is 451. The van der Waals surface area contributed by atoms with Gasteiger partial charge in [0, 0.05) is 26.2 Å². The molecule has 21 heavy (non-hydrogen) atoms. The summed E-state index contributed by atoms with van der Waals surface area (Å²) in [5, 5.41) is 8.08. The van der Waals surface area contributed by atoms with Crippen molar-refractivity contribution in [1.82, 2.24) is 10.3 Å². The van der Waals surface area contributed by atoms with Gasteiger partial charge in [0.25, 0.3) is 0 Å². The van der Waals surface area contributed by atoms with Gasteiger partial charge in [0.1, 0.15) is 0 Å². The molecule has 0 aromatic heterocycles. The molecule has 0 amide bonds. The van der Waals surface area contributed by atoms with E-state index in [1.807, 2.05) is 0 Å². The van der Waals surface area contributed by atoms with E-state index >= 15 is 0 Å². The van der Waals surface area contributed by atoms with Crippen LogP contribution in [0.1, 0.15) is 11.1 Å². The van der Waals surface area contributed by atoms with Crippen LogP contribution in [0.5, 0.6) is 0 Å². The van der Waals surface area contributed by atoms with Gasteiger partial charge >= 0.3 is 0 Å². The van der Waals surface area contributed by atoms with Crippen LogP contribution in [0.15, 0.2) is 18.2 Å². The lowest BCUT2D eigenvalue weighted by atomic mass is 10.1. The zero-order chi connectivity index (χ0) is 14.7. The van der Waals surface area contributed by atoms with Crippen molar-refractivity contribution < 1.29 is 9.47 Å². The molecule has 0 spiro atoms. The highest BCUT2D eigenvalue weighted by Gasteiger charge is 2.28. The lowest BCUT2D eigenvalue weighted by Crippen LogP contribution is -2.59. The Morgan fingerprint density at radius 3 is 2.62 bits per heavy atom. The summed E-state index contributed by atoms with van der Waals surface area (Å²) in [4.78, 5) is 0. The summed E-state index contributed by atoms with van der Waals surface area (Å²) in [6.07, 6.45) is 0.0546. The number of nitrogens with zero attached hydrogens (tertiary/aromatic N) is 2. The Morgan fingerprint density at radius 1 is 1.14 bits per heavy atom. The molecule has 2 aliphatic rings. The third kappa shape index (κ3) is 3.37. The van der Waals surface area contributed by atoms with Crippen LogP contribution in [-0.2, 0) is 9.47 Å². The fourth-order valence-corrected chi connectivity index (χ4v) is 2.86. The molecule has 2 fully saturated rings. The second-order valence-corrected chi connectivity index (χ2v) is 5.71. The Kier molecular flexibility index (Phi) is 4.75. The first-order valence-corrected chi connectivity index (χ1v) is 7.77. The highest BCUT2D eigenvalue weighted by molar-refractivity contribution is 5.50. The van der Waals surface area contributed by atoms with Crippen molar-refractivity contribution in [2.24, 2.45) is 0 Å². The Morgan fingerprint density at radius 2 is 1.95 bits per heavy atom. The van der Waals surface area contributed by atoms with Crippen LogP contribution in [0, 0.1) is 13.8 Å². The number of anilines is 1. The van der Waals surface area contributed by atoms with Crippen molar-refractivity contribution in [2.45, 2.75) is 20.1 Å². The normalized spacial score (nSPS) is 24.0. The lowest BCUT2D eigenvalue weighted by Gasteiger charge is -2.44. The van der Waals surface area contributed by atoms with E-state index in [9.17, 15) is 0 Å². The van der Waals surface area contributed by atoms with Crippen LogP contribution < -0.4 is 10.3 Å². The van der Waals surface area contributed by atoms with Crippen LogP contribution in [0.4, 0.5) is 5.69 Å². The first-order valence-electron chi connectivity index (χ1n) is 7.77. The number of hydrogen-bond acceptors (Lipinski definition) is 5. The molecule has 0 aliphatic carbocycles. The van der Waals surface area contributed by atoms with E-state index in [0.29, 0.717) is 0 Å². The van der Waals surface area contributed by atoms with Gasteiger partial charge in [-0.15, -0.1) is 0 Å². The van der Waals surface area contributed by atoms with Crippen molar-refractivity contribution in [1.29, 1.82) is 0 Å². The van der Waals surface area contributed by atoms with Crippen molar-refractivity contribution >= 4 is 5.69 Å². The van der Waals surface area contributed by atoms with E-state index in [1.54, 1.807) is 0 Å². The average Bonchev–Trinajstić information content (AvgIpc) is 2.53. The Balaban J connectivity index is 1.87. The molecule has 1 N–H and O–H groups in total. The Hall–Kier alpha value is -1.14. The molecule has 3 rings (SSSR count). The van der Waals surface area contributed by atoms with Crippen LogP contribution >= 0.6 is 0 Å². The third-order valence-electron chi connectivity index (χ3n) is 4.23. The molecule has 0 radical (unpaired) electrons. The maximum Gasteiger partial charge on any atom is 0.156 e. The van der Waals surface area contributed by atoms with Crippen LogP contribution in [0.25, 0.3) is 0 Å². The summed E-state index contributed by atoms with van der Waals surface area (Å²) in [6.45, 7) is 10.2. The smallest absolute Gasteiger partial charge is 0.156 e. The fourth-order valence-electron chi connectivity index (χ4n) is 2.86. The SMILES string of the molecule is Cc1ccc(N(C2CNCCO2)N2CCOCC2)cc1C. The Labute approximate surface area is 126 Å². The molecule has 116 valence electrons. The number of rotatable bonds is 3. The maximum absolute atomic E-state index is 6.00. The number of benzene rings is 1.